The van der Waals surface area contributed by atoms with Gasteiger partial charge >= 0.3 is 5.97 Å². The zero-order valence-electron chi connectivity index (χ0n) is 6.16. The third kappa shape index (κ3) is 0.937. The van der Waals surface area contributed by atoms with Crippen molar-refractivity contribution in [3.05, 3.63) is 0 Å². The molecule has 1 saturated heterocycles. The van der Waals surface area contributed by atoms with E-state index in [4.69, 9.17) is 10.8 Å². The predicted octanol–water partition coefficient (Wildman–Crippen LogP) is -0.851. The van der Waals surface area contributed by atoms with Gasteiger partial charge in [0, 0.05) is 18.0 Å². The van der Waals surface area contributed by atoms with E-state index >= 15 is 0 Å². The van der Waals surface area contributed by atoms with E-state index in [0.717, 1.165) is 12.8 Å². The van der Waals surface area contributed by atoms with Crippen LogP contribution in [0.5, 0.6) is 0 Å². The van der Waals surface area contributed by atoms with E-state index in [9.17, 15) is 4.79 Å². The van der Waals surface area contributed by atoms with E-state index in [1.807, 2.05) is 0 Å². The lowest BCUT2D eigenvalue weighted by molar-refractivity contribution is -0.140. The molecule has 2 fully saturated rings. The topological polar surface area (TPSA) is 75.4 Å². The summed E-state index contributed by atoms with van der Waals surface area (Å²) in [4.78, 5) is 10.6. The number of piperidine rings is 1. The predicted molar refractivity (Wildman–Crippen MR) is 39.0 cm³/mol. The zero-order valence-corrected chi connectivity index (χ0v) is 6.16. The molecule has 2 bridgehead atoms. The lowest BCUT2D eigenvalue weighted by Crippen LogP contribution is -2.49. The molecule has 0 amide bonds. The van der Waals surface area contributed by atoms with Crippen molar-refractivity contribution in [1.29, 1.82) is 0 Å². The summed E-state index contributed by atoms with van der Waals surface area (Å²) in [6, 6.07) is 0.0715. The first-order valence-electron chi connectivity index (χ1n) is 3.93. The zero-order chi connectivity index (χ0) is 8.01. The molecular weight excluding hydrogens is 144 g/mol. The number of carbonyl (C=O) groups is 1. The summed E-state index contributed by atoms with van der Waals surface area (Å²) in [5, 5.41) is 11.8. The van der Waals surface area contributed by atoms with E-state index in [0.29, 0.717) is 6.04 Å². The maximum Gasteiger partial charge on any atom is 0.321 e. The molecule has 1 aliphatic heterocycles. The van der Waals surface area contributed by atoms with E-state index in [1.165, 1.54) is 0 Å². The molecule has 4 atom stereocenters. The first-order chi connectivity index (χ1) is 5.18. The largest absolute Gasteiger partial charge is 0.480 e. The molecule has 4 heteroatoms. The van der Waals surface area contributed by atoms with Crippen LogP contribution in [0.3, 0.4) is 0 Å². The molecule has 0 aromatic heterocycles. The van der Waals surface area contributed by atoms with Gasteiger partial charge in [0.1, 0.15) is 6.04 Å². The second-order valence-corrected chi connectivity index (χ2v) is 3.48. The third-order valence-corrected chi connectivity index (χ3v) is 2.77. The molecule has 4 unspecified atom stereocenters. The molecular formula is C7H12N2O2. The molecule has 4 N–H and O–H groups in total. The lowest BCUT2D eigenvalue weighted by atomic mass is 9.96. The van der Waals surface area contributed by atoms with Crippen molar-refractivity contribution in [2.24, 2.45) is 11.7 Å². The van der Waals surface area contributed by atoms with Gasteiger partial charge in [-0.1, -0.05) is 0 Å². The number of aliphatic carboxylic acids is 1. The van der Waals surface area contributed by atoms with Crippen LogP contribution in [0.1, 0.15) is 12.8 Å². The van der Waals surface area contributed by atoms with Crippen molar-refractivity contribution < 1.29 is 9.90 Å². The highest BCUT2D eigenvalue weighted by Gasteiger charge is 2.47. The smallest absolute Gasteiger partial charge is 0.321 e. The van der Waals surface area contributed by atoms with Crippen LogP contribution >= 0.6 is 0 Å². The van der Waals surface area contributed by atoms with Gasteiger partial charge in [-0.2, -0.15) is 0 Å². The fraction of sp³-hybridized carbons (Fsp3) is 0.857. The van der Waals surface area contributed by atoms with Gasteiger partial charge in [-0.25, -0.2) is 0 Å². The maximum atomic E-state index is 10.6. The van der Waals surface area contributed by atoms with E-state index in [-0.39, 0.29) is 18.0 Å². The SMILES string of the molecule is NC1CC2CC1C(C(=O)O)N2. The Balaban J connectivity index is 2.12. The van der Waals surface area contributed by atoms with Crippen molar-refractivity contribution in [3.63, 3.8) is 0 Å². The van der Waals surface area contributed by atoms with Crippen molar-refractivity contribution >= 4 is 5.97 Å². The first kappa shape index (κ1) is 7.06. The van der Waals surface area contributed by atoms with Crippen molar-refractivity contribution in [2.45, 2.75) is 31.0 Å². The second-order valence-electron chi connectivity index (χ2n) is 3.48. The average Bonchev–Trinajstić information content (AvgIpc) is 2.43. The molecule has 62 valence electrons. The van der Waals surface area contributed by atoms with Gasteiger partial charge in [0.25, 0.3) is 0 Å². The van der Waals surface area contributed by atoms with Crippen LogP contribution in [0.15, 0.2) is 0 Å². The summed E-state index contributed by atoms with van der Waals surface area (Å²) in [5.74, 6) is -0.592. The Labute approximate surface area is 64.8 Å². The first-order valence-corrected chi connectivity index (χ1v) is 3.93. The summed E-state index contributed by atoms with van der Waals surface area (Å²) in [6.45, 7) is 0. The summed E-state index contributed by atoms with van der Waals surface area (Å²) in [7, 11) is 0. The Morgan fingerprint density at radius 1 is 1.55 bits per heavy atom. The minimum absolute atomic E-state index is 0.0994. The molecule has 0 aromatic rings. The van der Waals surface area contributed by atoms with Crippen LogP contribution < -0.4 is 11.1 Å². The summed E-state index contributed by atoms with van der Waals surface area (Å²) in [6.07, 6.45) is 1.88. The number of nitrogens with two attached hydrogens (primary N) is 1. The monoisotopic (exact) mass is 156 g/mol. The number of hydrogen-bond donors (Lipinski definition) is 3. The van der Waals surface area contributed by atoms with Crippen molar-refractivity contribution in [3.8, 4) is 0 Å². The summed E-state index contributed by atoms with van der Waals surface area (Å²) in [5.41, 5.74) is 5.74. The minimum atomic E-state index is -0.757. The van der Waals surface area contributed by atoms with Crippen molar-refractivity contribution in [2.75, 3.05) is 0 Å². The molecule has 1 aliphatic carbocycles. The maximum absolute atomic E-state index is 10.6. The quantitative estimate of drug-likeness (QED) is 0.462. The number of rotatable bonds is 1. The number of carboxylic acid groups (broad SMARTS) is 1. The van der Waals surface area contributed by atoms with Gasteiger partial charge in [0.15, 0.2) is 0 Å². The molecule has 11 heavy (non-hydrogen) atoms. The molecule has 2 aliphatic rings. The van der Waals surface area contributed by atoms with Gasteiger partial charge < -0.3 is 16.2 Å². The van der Waals surface area contributed by atoms with E-state index in [1.54, 1.807) is 0 Å². The molecule has 4 nitrogen and oxygen atoms in total. The molecule has 0 aromatic carbocycles. The summed E-state index contributed by atoms with van der Waals surface area (Å²) < 4.78 is 0. The Hall–Kier alpha value is -0.610. The summed E-state index contributed by atoms with van der Waals surface area (Å²) >= 11 is 0. The highest BCUT2D eigenvalue weighted by Crippen LogP contribution is 2.34. The van der Waals surface area contributed by atoms with Gasteiger partial charge in [-0.05, 0) is 12.8 Å². The highest BCUT2D eigenvalue weighted by molar-refractivity contribution is 5.74. The number of nitrogens with one attached hydrogen (secondary N) is 1. The average molecular weight is 156 g/mol. The third-order valence-electron chi connectivity index (χ3n) is 2.77. The Morgan fingerprint density at radius 3 is 2.64 bits per heavy atom. The second kappa shape index (κ2) is 2.19. The van der Waals surface area contributed by atoms with Crippen LogP contribution in [0.2, 0.25) is 0 Å². The van der Waals surface area contributed by atoms with Crippen LogP contribution in [0.25, 0.3) is 0 Å². The van der Waals surface area contributed by atoms with E-state index in [2.05, 4.69) is 5.32 Å². The van der Waals surface area contributed by atoms with Gasteiger partial charge in [0.2, 0.25) is 0 Å². The number of fused-ring (bicyclic) bond motifs is 2. The Morgan fingerprint density at radius 2 is 2.27 bits per heavy atom. The minimum Gasteiger partial charge on any atom is -0.480 e. The van der Waals surface area contributed by atoms with Crippen LogP contribution in [-0.2, 0) is 4.79 Å². The fourth-order valence-electron chi connectivity index (χ4n) is 2.25. The van der Waals surface area contributed by atoms with Crippen LogP contribution in [0.4, 0.5) is 0 Å². The molecule has 1 heterocycles. The van der Waals surface area contributed by atoms with Gasteiger partial charge in [-0.3, -0.25) is 4.79 Å². The highest BCUT2D eigenvalue weighted by atomic mass is 16.4. The standard InChI is InChI=1S/C7H12N2O2/c8-5-2-3-1-4(5)6(9-3)7(10)11/h3-6,9H,1-2,8H2,(H,10,11). The number of carboxylic acids is 1. The van der Waals surface area contributed by atoms with Crippen LogP contribution in [0, 0.1) is 5.92 Å². The lowest BCUT2D eigenvalue weighted by Gasteiger charge is -2.24. The normalized spacial score (nSPS) is 48.1. The molecule has 0 spiro atoms. The van der Waals surface area contributed by atoms with Crippen LogP contribution in [-0.4, -0.2) is 29.2 Å². The molecule has 1 saturated carbocycles. The fourth-order valence-corrected chi connectivity index (χ4v) is 2.25. The molecule has 0 radical (unpaired) electrons. The Bertz CT molecular complexity index is 195. The molecule has 2 rings (SSSR count). The van der Waals surface area contributed by atoms with Crippen molar-refractivity contribution in [1.82, 2.24) is 5.32 Å². The van der Waals surface area contributed by atoms with E-state index < -0.39 is 5.97 Å². The number of hydrogen-bond acceptors (Lipinski definition) is 3. The Kier molecular flexibility index (Phi) is 1.40. The van der Waals surface area contributed by atoms with Gasteiger partial charge in [-0.15, -0.1) is 0 Å². The van der Waals surface area contributed by atoms with Gasteiger partial charge in [0.05, 0.1) is 0 Å².